The molecule has 0 heterocycles. The van der Waals surface area contributed by atoms with Crippen molar-refractivity contribution in [1.82, 2.24) is 0 Å². The van der Waals surface area contributed by atoms with Crippen molar-refractivity contribution in [1.29, 1.82) is 0 Å². The Morgan fingerprint density at radius 2 is 1.86 bits per heavy atom. The van der Waals surface area contributed by atoms with E-state index in [-0.39, 0.29) is 15.8 Å². The van der Waals surface area contributed by atoms with E-state index in [1.807, 2.05) is 18.2 Å². The minimum absolute atomic E-state index is 0.108. The van der Waals surface area contributed by atoms with Crippen molar-refractivity contribution in [3.8, 4) is 11.5 Å². The van der Waals surface area contributed by atoms with E-state index in [2.05, 4.69) is 28.2 Å². The van der Waals surface area contributed by atoms with Gasteiger partial charge in [-0.2, -0.15) is 0 Å². The summed E-state index contributed by atoms with van der Waals surface area (Å²) in [7, 11) is 0. The van der Waals surface area contributed by atoms with Crippen LogP contribution in [0, 0.1) is 0 Å². The molecule has 0 saturated heterocycles. The Morgan fingerprint density at radius 1 is 1.18 bits per heavy atom. The predicted molar refractivity (Wildman–Crippen MR) is 95.4 cm³/mol. The number of benzene rings is 2. The number of ether oxygens (including phenoxy) is 1. The molecule has 2 N–H and O–H groups in total. The molecule has 3 nitrogen and oxygen atoms in total. The smallest absolute Gasteiger partial charge is 0.152 e. The normalized spacial score (nSPS) is 10.5. The second-order valence-electron chi connectivity index (χ2n) is 4.74. The van der Waals surface area contributed by atoms with Gasteiger partial charge in [0.25, 0.3) is 0 Å². The first-order valence-corrected chi connectivity index (χ1v) is 8.39. The maximum Gasteiger partial charge on any atom is 0.152 e. The minimum atomic E-state index is -0.108. The summed E-state index contributed by atoms with van der Waals surface area (Å²) in [4.78, 5) is 0. The summed E-state index contributed by atoms with van der Waals surface area (Å²) in [6.45, 7) is 3.29. The van der Waals surface area contributed by atoms with Crippen LogP contribution in [0.3, 0.4) is 0 Å². The second-order valence-corrected chi connectivity index (χ2v) is 6.47. The van der Waals surface area contributed by atoms with Crippen LogP contribution in [0.5, 0.6) is 11.5 Å². The molecule has 2 rings (SSSR count). The minimum Gasteiger partial charge on any atom is -0.505 e. The maximum atomic E-state index is 9.58. The molecule has 0 aliphatic carbocycles. The molecule has 2 aromatic rings. The van der Waals surface area contributed by atoms with Crippen LogP contribution < -0.4 is 10.1 Å². The van der Waals surface area contributed by atoms with Crippen LogP contribution in [-0.4, -0.2) is 11.7 Å². The first-order valence-electron chi connectivity index (χ1n) is 6.84. The SMILES string of the molecule is CCCOc1ccc(Br)cc1CNc1cc(Cl)c(O)c(Cl)c1. The van der Waals surface area contributed by atoms with E-state index in [0.717, 1.165) is 27.9 Å². The molecule has 0 amide bonds. The fourth-order valence-electron chi connectivity index (χ4n) is 1.90. The van der Waals surface area contributed by atoms with E-state index in [4.69, 9.17) is 27.9 Å². The molecule has 0 spiro atoms. The average molecular weight is 405 g/mol. The number of hydrogen-bond acceptors (Lipinski definition) is 3. The molecule has 0 aliphatic heterocycles. The van der Waals surface area contributed by atoms with E-state index >= 15 is 0 Å². The molecule has 0 radical (unpaired) electrons. The highest BCUT2D eigenvalue weighted by Crippen LogP contribution is 2.35. The highest BCUT2D eigenvalue weighted by Gasteiger charge is 2.08. The third-order valence-corrected chi connectivity index (χ3v) is 4.05. The second kappa shape index (κ2) is 7.95. The van der Waals surface area contributed by atoms with Crippen molar-refractivity contribution >= 4 is 44.8 Å². The fraction of sp³-hybridized carbons (Fsp3) is 0.250. The summed E-state index contributed by atoms with van der Waals surface area (Å²) >= 11 is 15.3. The van der Waals surface area contributed by atoms with Crippen molar-refractivity contribution in [3.05, 3.63) is 50.4 Å². The molecule has 2 aromatic carbocycles. The first kappa shape index (κ1) is 17.3. The molecule has 0 aliphatic rings. The largest absolute Gasteiger partial charge is 0.505 e. The zero-order chi connectivity index (χ0) is 16.1. The highest BCUT2D eigenvalue weighted by atomic mass is 79.9. The highest BCUT2D eigenvalue weighted by molar-refractivity contribution is 9.10. The lowest BCUT2D eigenvalue weighted by molar-refractivity contribution is 0.314. The molecule has 0 fully saturated rings. The Labute approximate surface area is 148 Å². The summed E-state index contributed by atoms with van der Waals surface area (Å²) in [5.41, 5.74) is 1.75. The monoisotopic (exact) mass is 403 g/mol. The number of nitrogens with one attached hydrogen (secondary N) is 1. The van der Waals surface area contributed by atoms with Crippen molar-refractivity contribution in [2.45, 2.75) is 19.9 Å². The number of anilines is 1. The lowest BCUT2D eigenvalue weighted by Gasteiger charge is -2.14. The Morgan fingerprint density at radius 3 is 2.50 bits per heavy atom. The number of hydrogen-bond donors (Lipinski definition) is 2. The molecule has 118 valence electrons. The van der Waals surface area contributed by atoms with E-state index in [9.17, 15) is 5.11 Å². The molecule has 0 atom stereocenters. The summed E-state index contributed by atoms with van der Waals surface area (Å²) in [5.74, 6) is 0.733. The van der Waals surface area contributed by atoms with E-state index in [1.165, 1.54) is 0 Å². The Kier molecular flexibility index (Phi) is 6.24. The average Bonchev–Trinajstić information content (AvgIpc) is 2.49. The van der Waals surface area contributed by atoms with Crippen molar-refractivity contribution < 1.29 is 9.84 Å². The third kappa shape index (κ3) is 4.45. The van der Waals surface area contributed by atoms with Gasteiger partial charge in [0.05, 0.1) is 16.7 Å². The van der Waals surface area contributed by atoms with Crippen molar-refractivity contribution in [2.75, 3.05) is 11.9 Å². The van der Waals surface area contributed by atoms with Crippen LogP contribution in [0.25, 0.3) is 0 Å². The molecular formula is C16H16BrCl2NO2. The van der Waals surface area contributed by atoms with Gasteiger partial charge in [0, 0.05) is 22.3 Å². The molecule has 22 heavy (non-hydrogen) atoms. The molecule has 0 bridgehead atoms. The van der Waals surface area contributed by atoms with Gasteiger partial charge in [0.1, 0.15) is 5.75 Å². The Hall–Kier alpha value is -1.10. The first-order chi connectivity index (χ1) is 10.5. The summed E-state index contributed by atoms with van der Waals surface area (Å²) in [6.07, 6.45) is 0.951. The predicted octanol–water partition coefficient (Wildman–Crippen LogP) is 5.86. The van der Waals surface area contributed by atoms with Crippen molar-refractivity contribution in [2.24, 2.45) is 0 Å². The standard InChI is InChI=1S/C16H16BrCl2NO2/c1-2-5-22-15-4-3-11(17)6-10(15)9-20-12-7-13(18)16(21)14(19)8-12/h3-4,6-8,20-21H,2,5,9H2,1H3. The van der Waals surface area contributed by atoms with Crippen LogP contribution >= 0.6 is 39.1 Å². The number of halogens is 3. The zero-order valence-electron chi connectivity index (χ0n) is 12.0. The molecule has 0 aromatic heterocycles. The van der Waals surface area contributed by atoms with Gasteiger partial charge in [-0.25, -0.2) is 0 Å². The van der Waals surface area contributed by atoms with Gasteiger partial charge in [-0.05, 0) is 36.8 Å². The van der Waals surface area contributed by atoms with Gasteiger partial charge >= 0.3 is 0 Å². The summed E-state index contributed by atoms with van der Waals surface area (Å²) in [5, 5.41) is 13.2. The van der Waals surface area contributed by atoms with E-state index < -0.39 is 0 Å². The lowest BCUT2D eigenvalue weighted by Crippen LogP contribution is -2.04. The van der Waals surface area contributed by atoms with Crippen LogP contribution in [0.15, 0.2) is 34.8 Å². The van der Waals surface area contributed by atoms with Crippen LogP contribution in [0.4, 0.5) is 5.69 Å². The number of phenols is 1. The van der Waals surface area contributed by atoms with Crippen LogP contribution in [0.1, 0.15) is 18.9 Å². The van der Waals surface area contributed by atoms with Crippen molar-refractivity contribution in [3.63, 3.8) is 0 Å². The van der Waals surface area contributed by atoms with Crippen LogP contribution in [-0.2, 0) is 6.54 Å². The van der Waals surface area contributed by atoms with E-state index in [0.29, 0.717) is 13.2 Å². The lowest BCUT2D eigenvalue weighted by atomic mass is 10.2. The van der Waals surface area contributed by atoms with Gasteiger partial charge in [-0.3, -0.25) is 0 Å². The van der Waals surface area contributed by atoms with Gasteiger partial charge in [0.15, 0.2) is 5.75 Å². The molecular weight excluding hydrogens is 389 g/mol. The topological polar surface area (TPSA) is 41.5 Å². The van der Waals surface area contributed by atoms with Crippen LogP contribution in [0.2, 0.25) is 10.0 Å². The van der Waals surface area contributed by atoms with E-state index in [1.54, 1.807) is 12.1 Å². The Balaban J connectivity index is 2.15. The zero-order valence-corrected chi connectivity index (χ0v) is 15.1. The van der Waals surface area contributed by atoms with Gasteiger partial charge in [0.2, 0.25) is 0 Å². The number of phenolic OH excluding ortho intramolecular Hbond substituents is 1. The molecule has 6 heteroatoms. The number of rotatable bonds is 6. The number of aromatic hydroxyl groups is 1. The fourth-order valence-corrected chi connectivity index (χ4v) is 2.80. The van der Waals surface area contributed by atoms with Gasteiger partial charge in [-0.1, -0.05) is 46.1 Å². The summed E-state index contributed by atoms with van der Waals surface area (Å²) in [6, 6.07) is 9.15. The van der Waals surface area contributed by atoms with Gasteiger partial charge < -0.3 is 15.2 Å². The maximum absolute atomic E-state index is 9.58. The third-order valence-electron chi connectivity index (χ3n) is 2.98. The summed E-state index contributed by atoms with van der Waals surface area (Å²) < 4.78 is 6.72. The quantitative estimate of drug-likeness (QED) is 0.592. The Bertz CT molecular complexity index is 642. The molecule has 0 unspecified atom stereocenters. The van der Waals surface area contributed by atoms with Gasteiger partial charge in [-0.15, -0.1) is 0 Å². The molecule has 0 saturated carbocycles.